The highest BCUT2D eigenvalue weighted by Gasteiger charge is 2.15. The van der Waals surface area contributed by atoms with Crippen molar-refractivity contribution in [3.8, 4) is 33.6 Å². The van der Waals surface area contributed by atoms with Gasteiger partial charge in [0.1, 0.15) is 12.4 Å². The molecule has 0 aliphatic carbocycles. The first kappa shape index (κ1) is 25.7. The van der Waals surface area contributed by atoms with Crippen molar-refractivity contribution in [3.63, 3.8) is 0 Å². The summed E-state index contributed by atoms with van der Waals surface area (Å²) in [6.45, 7) is 1.55. The van der Waals surface area contributed by atoms with E-state index >= 15 is 0 Å². The molecular weight excluding hydrogens is 494 g/mol. The van der Waals surface area contributed by atoms with Crippen LogP contribution < -0.4 is 0 Å². The van der Waals surface area contributed by atoms with E-state index in [0.29, 0.717) is 16.7 Å². The molecule has 0 bridgehead atoms. The van der Waals surface area contributed by atoms with Gasteiger partial charge in [0.15, 0.2) is 23.3 Å². The minimum Gasteiger partial charge on any atom is -0.464 e. The van der Waals surface area contributed by atoms with Gasteiger partial charge in [-0.2, -0.15) is 8.78 Å². The predicted octanol–water partition coefficient (Wildman–Crippen LogP) is 8.19. The summed E-state index contributed by atoms with van der Waals surface area (Å²) in [5.74, 6) is -6.33. The maximum absolute atomic E-state index is 14.7. The number of rotatable bonds is 7. The fourth-order valence-corrected chi connectivity index (χ4v) is 3.43. The summed E-state index contributed by atoms with van der Waals surface area (Å²) in [6.07, 6.45) is 5.96. The Kier molecular flexibility index (Phi) is 7.71. The number of aromatic nitrogens is 2. The summed E-state index contributed by atoms with van der Waals surface area (Å²) in [4.78, 5) is 8.17. The van der Waals surface area contributed by atoms with E-state index < -0.39 is 35.1 Å². The molecule has 0 amide bonds. The van der Waals surface area contributed by atoms with E-state index in [2.05, 4.69) is 14.7 Å². The van der Waals surface area contributed by atoms with Gasteiger partial charge in [0.05, 0.1) is 0 Å². The Morgan fingerprint density at radius 2 is 1.38 bits per heavy atom. The molecule has 0 atom stereocenters. The average molecular weight is 512 g/mol. The summed E-state index contributed by atoms with van der Waals surface area (Å²) in [7, 11) is 0. The van der Waals surface area contributed by atoms with Gasteiger partial charge in [0.25, 0.3) is 0 Å². The molecule has 1 heterocycles. The summed E-state index contributed by atoms with van der Waals surface area (Å²) < 4.78 is 87.5. The number of hydrogen-bond acceptors (Lipinski definition) is 3. The normalized spacial score (nSPS) is 12.1. The molecule has 0 saturated heterocycles. The predicted molar refractivity (Wildman–Crippen MR) is 128 cm³/mol. The van der Waals surface area contributed by atoms with Crippen molar-refractivity contribution in [3.05, 3.63) is 114 Å². The van der Waals surface area contributed by atoms with Crippen LogP contribution in [0.5, 0.6) is 0 Å². The monoisotopic (exact) mass is 512 g/mol. The van der Waals surface area contributed by atoms with Crippen LogP contribution in [0.3, 0.4) is 0 Å². The summed E-state index contributed by atoms with van der Waals surface area (Å²) in [5, 5.41) is 0. The summed E-state index contributed by atoms with van der Waals surface area (Å²) >= 11 is 0. The van der Waals surface area contributed by atoms with Crippen LogP contribution in [0.2, 0.25) is 0 Å². The van der Waals surface area contributed by atoms with Gasteiger partial charge in [-0.3, -0.25) is 0 Å². The highest BCUT2D eigenvalue weighted by atomic mass is 19.2. The third-order valence-electron chi connectivity index (χ3n) is 5.36. The molecule has 9 heteroatoms. The highest BCUT2D eigenvalue weighted by molar-refractivity contribution is 5.72. The van der Waals surface area contributed by atoms with Crippen molar-refractivity contribution in [2.45, 2.75) is 6.92 Å². The van der Waals surface area contributed by atoms with Crippen LogP contribution >= 0.6 is 0 Å². The van der Waals surface area contributed by atoms with Crippen molar-refractivity contribution < 1.29 is 31.1 Å². The minimum absolute atomic E-state index is 0.00489. The summed E-state index contributed by atoms with van der Waals surface area (Å²) in [5.41, 5.74) is 1.57. The average Bonchev–Trinajstić information content (AvgIpc) is 2.91. The minimum atomic E-state index is -1.57. The SMILES string of the molecule is C/C=C/CO/C(F)=C(\F)c1ccc(-c2ccc(-c3cnc(-c4cc(F)c(F)c(F)c4)nc3)cc2)c(F)c1. The molecule has 0 unspecified atom stereocenters. The molecule has 1 aromatic heterocycles. The Morgan fingerprint density at radius 3 is 1.97 bits per heavy atom. The Hall–Kier alpha value is -4.40. The van der Waals surface area contributed by atoms with Crippen LogP contribution in [0, 0.1) is 23.3 Å². The molecule has 4 rings (SSSR count). The van der Waals surface area contributed by atoms with E-state index in [9.17, 15) is 26.3 Å². The Bertz CT molecular complexity index is 1460. The van der Waals surface area contributed by atoms with Crippen molar-refractivity contribution in [2.75, 3.05) is 6.61 Å². The molecule has 3 aromatic carbocycles. The molecule has 3 nitrogen and oxygen atoms in total. The third kappa shape index (κ3) is 5.72. The van der Waals surface area contributed by atoms with E-state index in [0.717, 1.165) is 18.2 Å². The zero-order valence-electron chi connectivity index (χ0n) is 19.3. The van der Waals surface area contributed by atoms with Gasteiger partial charge in [-0.05, 0) is 36.2 Å². The Labute approximate surface area is 208 Å². The lowest BCUT2D eigenvalue weighted by molar-refractivity contribution is 0.169. The fraction of sp³-hybridized carbons (Fsp3) is 0.0714. The van der Waals surface area contributed by atoms with E-state index in [1.165, 1.54) is 30.6 Å². The molecule has 0 aliphatic heterocycles. The Morgan fingerprint density at radius 1 is 0.757 bits per heavy atom. The van der Waals surface area contributed by atoms with Crippen molar-refractivity contribution in [1.82, 2.24) is 9.97 Å². The molecule has 0 saturated carbocycles. The number of allylic oxidation sites excluding steroid dienone is 1. The molecule has 0 fully saturated rings. The number of benzene rings is 3. The molecule has 0 radical (unpaired) electrons. The van der Waals surface area contributed by atoms with E-state index in [1.807, 2.05) is 0 Å². The molecule has 0 aliphatic rings. The molecule has 0 spiro atoms. The smallest absolute Gasteiger partial charge is 0.310 e. The Balaban J connectivity index is 1.53. The van der Waals surface area contributed by atoms with Gasteiger partial charge in [-0.15, -0.1) is 0 Å². The maximum Gasteiger partial charge on any atom is 0.310 e. The lowest BCUT2D eigenvalue weighted by Gasteiger charge is -2.08. The van der Waals surface area contributed by atoms with Gasteiger partial charge in [-0.25, -0.2) is 27.5 Å². The number of halogens is 6. The fourth-order valence-electron chi connectivity index (χ4n) is 3.43. The van der Waals surface area contributed by atoms with E-state index in [-0.39, 0.29) is 29.1 Å². The van der Waals surface area contributed by atoms with Crippen molar-refractivity contribution >= 4 is 5.83 Å². The molecule has 4 aromatic rings. The van der Waals surface area contributed by atoms with Crippen molar-refractivity contribution in [1.29, 1.82) is 0 Å². The van der Waals surface area contributed by atoms with Crippen LogP contribution in [0.15, 0.2) is 85.2 Å². The number of ether oxygens (including phenoxy) is 1. The van der Waals surface area contributed by atoms with Gasteiger partial charge in [0.2, 0.25) is 5.83 Å². The largest absolute Gasteiger partial charge is 0.464 e. The second-order valence-corrected chi connectivity index (χ2v) is 7.79. The topological polar surface area (TPSA) is 35.0 Å². The van der Waals surface area contributed by atoms with Gasteiger partial charge in [-0.1, -0.05) is 48.6 Å². The first-order valence-corrected chi connectivity index (χ1v) is 11.0. The quantitative estimate of drug-likeness (QED) is 0.108. The third-order valence-corrected chi connectivity index (χ3v) is 5.36. The van der Waals surface area contributed by atoms with Gasteiger partial charge in [0, 0.05) is 34.6 Å². The van der Waals surface area contributed by atoms with Crippen molar-refractivity contribution in [2.24, 2.45) is 0 Å². The molecule has 188 valence electrons. The zero-order chi connectivity index (χ0) is 26.5. The summed E-state index contributed by atoms with van der Waals surface area (Å²) in [6, 6.07) is 10.2. The lowest BCUT2D eigenvalue weighted by Crippen LogP contribution is -1.95. The van der Waals surface area contributed by atoms with Crippen LogP contribution in [0.25, 0.3) is 39.5 Å². The number of nitrogens with zero attached hydrogens (tertiary/aromatic N) is 2. The van der Waals surface area contributed by atoms with Crippen LogP contribution in [0.1, 0.15) is 12.5 Å². The first-order valence-electron chi connectivity index (χ1n) is 11.0. The second-order valence-electron chi connectivity index (χ2n) is 7.79. The van der Waals surface area contributed by atoms with Crippen LogP contribution in [0.4, 0.5) is 26.3 Å². The van der Waals surface area contributed by atoms with Crippen LogP contribution in [-0.4, -0.2) is 16.6 Å². The molecule has 37 heavy (non-hydrogen) atoms. The van der Waals surface area contributed by atoms with E-state index in [1.54, 1.807) is 37.3 Å². The lowest BCUT2D eigenvalue weighted by atomic mass is 10.00. The molecule has 0 N–H and O–H groups in total. The van der Waals surface area contributed by atoms with E-state index in [4.69, 9.17) is 0 Å². The highest BCUT2D eigenvalue weighted by Crippen LogP contribution is 2.30. The maximum atomic E-state index is 14.7. The molecular formula is C28H18F6N2O. The number of hydrogen-bond donors (Lipinski definition) is 0. The zero-order valence-corrected chi connectivity index (χ0v) is 19.3. The first-order chi connectivity index (χ1) is 17.8. The van der Waals surface area contributed by atoms with Gasteiger partial charge >= 0.3 is 6.01 Å². The standard InChI is InChI=1S/C28H18F6N2O/c1-2-3-10-37-27(34)25(32)18-8-9-21(22(29)11-18)17-6-4-16(5-7-17)20-14-35-28(36-15-20)19-12-23(30)26(33)24(31)13-19/h2-9,11-15H,10H2,1H3/b3-2+,27-25-. The van der Waals surface area contributed by atoms with Crippen LogP contribution in [-0.2, 0) is 4.74 Å². The second kappa shape index (κ2) is 11.1. The van der Waals surface area contributed by atoms with Gasteiger partial charge < -0.3 is 4.74 Å².